The Morgan fingerprint density at radius 2 is 2.14 bits per heavy atom. The predicted octanol–water partition coefficient (Wildman–Crippen LogP) is 2.42. The molecule has 1 heterocycles. The summed E-state index contributed by atoms with van der Waals surface area (Å²) in [5.74, 6) is -0.632. The van der Waals surface area contributed by atoms with Crippen LogP contribution >= 0.6 is 0 Å². The summed E-state index contributed by atoms with van der Waals surface area (Å²) in [7, 11) is 1.33. The standard InChI is InChI=1S/C15H18N2O4/c1-4-5-13-16-11-7-6-10(14(18)19)8-12(11)17(13)9(2)15(20)21-3/h6-9H,4-5H2,1-3H3,(H,18,19). The molecule has 2 aromatic rings. The Kier molecular flexibility index (Phi) is 4.26. The van der Waals surface area contributed by atoms with Crippen molar-refractivity contribution in [3.63, 3.8) is 0 Å². The number of aromatic nitrogens is 2. The third kappa shape index (κ3) is 2.74. The van der Waals surface area contributed by atoms with Crippen LogP contribution in [0.5, 0.6) is 0 Å². The number of aromatic carboxylic acids is 1. The summed E-state index contributed by atoms with van der Waals surface area (Å²) < 4.78 is 6.55. The molecule has 1 aromatic heterocycles. The van der Waals surface area contributed by atoms with Gasteiger partial charge in [0.2, 0.25) is 0 Å². The summed E-state index contributed by atoms with van der Waals surface area (Å²) >= 11 is 0. The summed E-state index contributed by atoms with van der Waals surface area (Å²) in [5.41, 5.74) is 1.49. The monoisotopic (exact) mass is 290 g/mol. The summed E-state index contributed by atoms with van der Waals surface area (Å²) in [6, 6.07) is 4.17. The van der Waals surface area contributed by atoms with Crippen molar-refractivity contribution in [3.8, 4) is 0 Å². The largest absolute Gasteiger partial charge is 0.478 e. The van der Waals surface area contributed by atoms with Crippen LogP contribution in [0.3, 0.4) is 0 Å². The second-order valence-electron chi connectivity index (χ2n) is 4.86. The first kappa shape index (κ1) is 15.0. The van der Waals surface area contributed by atoms with E-state index in [1.807, 2.05) is 6.92 Å². The van der Waals surface area contributed by atoms with Crippen molar-refractivity contribution in [2.45, 2.75) is 32.7 Å². The molecule has 0 saturated carbocycles. The Hall–Kier alpha value is -2.37. The lowest BCUT2D eigenvalue weighted by molar-refractivity contribution is -0.143. The van der Waals surface area contributed by atoms with Crippen LogP contribution in [0.1, 0.15) is 42.5 Å². The van der Waals surface area contributed by atoms with Crippen molar-refractivity contribution in [1.82, 2.24) is 9.55 Å². The molecule has 0 aliphatic rings. The first-order valence-corrected chi connectivity index (χ1v) is 6.81. The van der Waals surface area contributed by atoms with Gasteiger partial charge in [0.1, 0.15) is 11.9 Å². The van der Waals surface area contributed by atoms with Crippen molar-refractivity contribution in [2.24, 2.45) is 0 Å². The third-order valence-electron chi connectivity index (χ3n) is 3.41. The summed E-state index contributed by atoms with van der Waals surface area (Å²) in [6.07, 6.45) is 1.58. The van der Waals surface area contributed by atoms with Crippen LogP contribution in [0, 0.1) is 0 Å². The lowest BCUT2D eigenvalue weighted by atomic mass is 10.2. The molecule has 6 nitrogen and oxygen atoms in total. The van der Waals surface area contributed by atoms with Gasteiger partial charge in [-0.15, -0.1) is 0 Å². The first-order valence-electron chi connectivity index (χ1n) is 6.81. The number of aryl methyl sites for hydroxylation is 1. The second-order valence-corrected chi connectivity index (χ2v) is 4.86. The number of ether oxygens (including phenoxy) is 1. The molecular formula is C15H18N2O4. The molecule has 0 spiro atoms. The molecule has 112 valence electrons. The average molecular weight is 290 g/mol. The van der Waals surface area contributed by atoms with E-state index >= 15 is 0 Å². The van der Waals surface area contributed by atoms with Crippen molar-refractivity contribution in [3.05, 3.63) is 29.6 Å². The van der Waals surface area contributed by atoms with Gasteiger partial charge in [0.05, 0.1) is 23.7 Å². The first-order chi connectivity index (χ1) is 9.99. The Labute approximate surface area is 122 Å². The van der Waals surface area contributed by atoms with Crippen molar-refractivity contribution < 1.29 is 19.4 Å². The maximum atomic E-state index is 11.8. The van der Waals surface area contributed by atoms with Gasteiger partial charge in [-0.3, -0.25) is 0 Å². The summed E-state index contributed by atoms with van der Waals surface area (Å²) in [4.78, 5) is 27.5. The van der Waals surface area contributed by atoms with Crippen LogP contribution < -0.4 is 0 Å². The number of hydrogen-bond acceptors (Lipinski definition) is 4. The molecule has 6 heteroatoms. The number of benzene rings is 1. The van der Waals surface area contributed by atoms with Gasteiger partial charge in [-0.05, 0) is 31.5 Å². The smallest absolute Gasteiger partial charge is 0.335 e. The van der Waals surface area contributed by atoms with Gasteiger partial charge in [-0.1, -0.05) is 6.92 Å². The molecular weight excluding hydrogens is 272 g/mol. The van der Waals surface area contributed by atoms with Gasteiger partial charge in [0.15, 0.2) is 0 Å². The molecule has 2 rings (SSSR count). The number of carboxylic acids is 1. The minimum Gasteiger partial charge on any atom is -0.478 e. The third-order valence-corrected chi connectivity index (χ3v) is 3.41. The molecule has 1 aromatic carbocycles. The molecule has 0 saturated heterocycles. The van der Waals surface area contributed by atoms with Crippen molar-refractivity contribution in [1.29, 1.82) is 0 Å². The number of carbonyl (C=O) groups is 2. The highest BCUT2D eigenvalue weighted by atomic mass is 16.5. The number of imidazole rings is 1. The summed E-state index contributed by atoms with van der Waals surface area (Å²) in [5, 5.41) is 9.12. The van der Waals surface area contributed by atoms with Crippen LogP contribution in [0.25, 0.3) is 11.0 Å². The maximum absolute atomic E-state index is 11.8. The van der Waals surface area contributed by atoms with Crippen LogP contribution in [0.15, 0.2) is 18.2 Å². The van der Waals surface area contributed by atoms with E-state index in [1.54, 1.807) is 23.6 Å². The molecule has 1 atom stereocenters. The molecule has 0 aliphatic carbocycles. The molecule has 21 heavy (non-hydrogen) atoms. The van der Waals surface area contributed by atoms with Crippen LogP contribution in [0.2, 0.25) is 0 Å². The zero-order valence-corrected chi connectivity index (χ0v) is 12.3. The molecule has 1 unspecified atom stereocenters. The number of fused-ring (bicyclic) bond motifs is 1. The lowest BCUT2D eigenvalue weighted by Gasteiger charge is -2.15. The van der Waals surface area contributed by atoms with Gasteiger partial charge in [-0.25, -0.2) is 14.6 Å². The number of hydrogen-bond donors (Lipinski definition) is 1. The van der Waals surface area contributed by atoms with Gasteiger partial charge >= 0.3 is 11.9 Å². The van der Waals surface area contributed by atoms with Gasteiger partial charge < -0.3 is 14.4 Å². The predicted molar refractivity (Wildman–Crippen MR) is 77.4 cm³/mol. The molecule has 0 bridgehead atoms. The van der Waals surface area contributed by atoms with E-state index in [0.717, 1.165) is 12.2 Å². The maximum Gasteiger partial charge on any atom is 0.335 e. The van der Waals surface area contributed by atoms with Crippen LogP contribution in [-0.2, 0) is 16.0 Å². The number of carboxylic acid groups (broad SMARTS) is 1. The van der Waals surface area contributed by atoms with E-state index in [-0.39, 0.29) is 11.5 Å². The quantitative estimate of drug-likeness (QED) is 0.855. The lowest BCUT2D eigenvalue weighted by Crippen LogP contribution is -2.20. The van der Waals surface area contributed by atoms with Gasteiger partial charge in [-0.2, -0.15) is 0 Å². The fourth-order valence-corrected chi connectivity index (χ4v) is 2.38. The van der Waals surface area contributed by atoms with Crippen LogP contribution in [0.4, 0.5) is 0 Å². The minimum absolute atomic E-state index is 0.170. The van der Waals surface area contributed by atoms with E-state index in [9.17, 15) is 9.59 Å². The van der Waals surface area contributed by atoms with E-state index in [2.05, 4.69) is 4.98 Å². The molecule has 0 amide bonds. The Balaban J connectivity index is 2.66. The zero-order valence-electron chi connectivity index (χ0n) is 12.3. The van der Waals surface area contributed by atoms with Crippen molar-refractivity contribution >= 4 is 23.0 Å². The molecule has 0 aliphatic heterocycles. The fourth-order valence-electron chi connectivity index (χ4n) is 2.38. The highest BCUT2D eigenvalue weighted by molar-refractivity contribution is 5.93. The Morgan fingerprint density at radius 1 is 1.43 bits per heavy atom. The second kappa shape index (κ2) is 5.95. The van der Waals surface area contributed by atoms with E-state index in [4.69, 9.17) is 9.84 Å². The topological polar surface area (TPSA) is 81.4 Å². The Bertz CT molecular complexity index is 690. The number of methoxy groups -OCH3 is 1. The normalized spacial score (nSPS) is 12.3. The molecule has 0 radical (unpaired) electrons. The fraction of sp³-hybridized carbons (Fsp3) is 0.400. The molecule has 1 N–H and O–H groups in total. The average Bonchev–Trinajstić information content (AvgIpc) is 2.82. The van der Waals surface area contributed by atoms with Gasteiger partial charge in [0, 0.05) is 6.42 Å². The highest BCUT2D eigenvalue weighted by Gasteiger charge is 2.22. The van der Waals surface area contributed by atoms with E-state index < -0.39 is 12.0 Å². The van der Waals surface area contributed by atoms with Crippen molar-refractivity contribution in [2.75, 3.05) is 7.11 Å². The SMILES string of the molecule is CCCc1nc2ccc(C(=O)O)cc2n1C(C)C(=O)OC. The Morgan fingerprint density at radius 3 is 2.71 bits per heavy atom. The summed E-state index contributed by atoms with van der Waals surface area (Å²) in [6.45, 7) is 3.74. The number of esters is 1. The van der Waals surface area contributed by atoms with E-state index in [1.165, 1.54) is 13.2 Å². The van der Waals surface area contributed by atoms with E-state index in [0.29, 0.717) is 17.5 Å². The zero-order chi connectivity index (χ0) is 15.6. The van der Waals surface area contributed by atoms with Crippen LogP contribution in [-0.4, -0.2) is 33.7 Å². The minimum atomic E-state index is -1.01. The van der Waals surface area contributed by atoms with Gasteiger partial charge in [0.25, 0.3) is 0 Å². The number of rotatable bonds is 5. The number of carbonyl (C=O) groups excluding carboxylic acids is 1. The molecule has 0 fully saturated rings. The number of nitrogens with zero attached hydrogens (tertiary/aromatic N) is 2. The highest BCUT2D eigenvalue weighted by Crippen LogP contribution is 2.24.